The minimum atomic E-state index is 1.03. The van der Waals surface area contributed by atoms with Crippen LogP contribution in [0.5, 0.6) is 0 Å². The normalized spacial score (nSPS) is 24.0. The molecule has 1 aliphatic heterocycles. The molecule has 17 heavy (non-hydrogen) atoms. The van der Waals surface area contributed by atoms with Crippen LogP contribution in [0.15, 0.2) is 0 Å². The molecule has 0 amide bonds. The van der Waals surface area contributed by atoms with Gasteiger partial charge in [0.2, 0.25) is 0 Å². The van der Waals surface area contributed by atoms with Crippen LogP contribution in [0.25, 0.3) is 0 Å². The highest BCUT2D eigenvalue weighted by Gasteiger charge is 1.95. The Kier molecular flexibility index (Phi) is 11.3. The minimum absolute atomic E-state index is 1.03. The molecule has 4 N–H and O–H groups in total. The fraction of sp³-hybridized carbons (Fsp3) is 1.00. The number of nitrogens with one attached hydrogen (secondary N) is 4. The van der Waals surface area contributed by atoms with Gasteiger partial charge in [-0.3, -0.25) is 0 Å². The van der Waals surface area contributed by atoms with Gasteiger partial charge in [0.05, 0.1) is 0 Å². The molecule has 4 nitrogen and oxygen atoms in total. The van der Waals surface area contributed by atoms with Crippen molar-refractivity contribution in [2.75, 3.05) is 12.3 Å². The quantitative estimate of drug-likeness (QED) is 0.505. The zero-order chi connectivity index (χ0) is 12.0. The Morgan fingerprint density at radius 3 is 1.88 bits per heavy atom. The van der Waals surface area contributed by atoms with Crippen LogP contribution in [0.1, 0.15) is 64.2 Å². The molecular formula is C12H28N4S. The summed E-state index contributed by atoms with van der Waals surface area (Å²) in [4.78, 5) is 3.07. The summed E-state index contributed by atoms with van der Waals surface area (Å²) in [5.74, 6) is 1.18. The van der Waals surface area contributed by atoms with Crippen LogP contribution in [0, 0.1) is 0 Å². The van der Waals surface area contributed by atoms with Crippen molar-refractivity contribution in [1.82, 2.24) is 21.3 Å². The topological polar surface area (TPSA) is 48.1 Å². The highest BCUT2D eigenvalue weighted by Crippen LogP contribution is 2.11. The molecule has 1 heterocycles. The monoisotopic (exact) mass is 260 g/mol. The van der Waals surface area contributed by atoms with Gasteiger partial charge in [-0.2, -0.15) is 15.9 Å². The van der Waals surface area contributed by atoms with Crippen LogP contribution in [0.3, 0.4) is 0 Å². The molecule has 0 atom stereocenters. The Labute approximate surface area is 110 Å². The van der Waals surface area contributed by atoms with Crippen molar-refractivity contribution in [3.05, 3.63) is 0 Å². The largest absolute Gasteiger partial charge is 0.243 e. The highest BCUT2D eigenvalue weighted by atomic mass is 32.2. The zero-order valence-corrected chi connectivity index (χ0v) is 11.7. The first-order valence-electron chi connectivity index (χ1n) is 7.10. The number of hydrogen-bond donors (Lipinski definition) is 4. The van der Waals surface area contributed by atoms with Gasteiger partial charge >= 0.3 is 0 Å². The van der Waals surface area contributed by atoms with E-state index in [1.165, 1.54) is 70.0 Å². The van der Waals surface area contributed by atoms with Crippen molar-refractivity contribution in [2.24, 2.45) is 0 Å². The summed E-state index contributed by atoms with van der Waals surface area (Å²) in [5.41, 5.74) is 9.02. The maximum absolute atomic E-state index is 3.14. The molecule has 1 rings (SSSR count). The molecule has 5 heteroatoms. The van der Waals surface area contributed by atoms with Gasteiger partial charge in [-0.1, -0.05) is 63.3 Å². The Morgan fingerprint density at radius 1 is 0.588 bits per heavy atom. The molecule has 1 fully saturated rings. The Balaban J connectivity index is 2.01. The smallest absolute Gasteiger partial charge is 0.0113 e. The second-order valence-electron chi connectivity index (χ2n) is 4.66. The fourth-order valence-corrected chi connectivity index (χ4v) is 2.59. The van der Waals surface area contributed by atoms with E-state index in [-0.39, 0.29) is 0 Å². The standard InChI is InChI=1S/C12H28N4S/c1-2-4-6-8-10-12-17-16-15-14-13-11-9-7-5-3-1/h13-16H,1-12H2. The predicted molar refractivity (Wildman–Crippen MR) is 76.0 cm³/mol. The minimum Gasteiger partial charge on any atom is -0.243 e. The van der Waals surface area contributed by atoms with Crippen LogP contribution < -0.4 is 21.3 Å². The van der Waals surface area contributed by atoms with Crippen LogP contribution >= 0.6 is 11.9 Å². The molecule has 0 aromatic heterocycles. The Hall–Kier alpha value is 0.190. The number of hydrazine groups is 3. The SMILES string of the molecule is C1CCCCCCSNNNNCCCCC1. The average Bonchev–Trinajstić information content (AvgIpc) is 2.35. The van der Waals surface area contributed by atoms with E-state index < -0.39 is 0 Å². The van der Waals surface area contributed by atoms with E-state index in [9.17, 15) is 0 Å². The van der Waals surface area contributed by atoms with E-state index in [1.807, 2.05) is 0 Å². The second kappa shape index (κ2) is 12.6. The van der Waals surface area contributed by atoms with Crippen molar-refractivity contribution in [1.29, 1.82) is 0 Å². The third-order valence-electron chi connectivity index (χ3n) is 3.07. The van der Waals surface area contributed by atoms with Crippen molar-refractivity contribution in [3.8, 4) is 0 Å². The van der Waals surface area contributed by atoms with Gasteiger partial charge in [-0.05, 0) is 12.8 Å². The van der Waals surface area contributed by atoms with Crippen molar-refractivity contribution in [2.45, 2.75) is 64.2 Å². The Bertz CT molecular complexity index is 88.0. The Morgan fingerprint density at radius 2 is 1.18 bits per heavy atom. The van der Waals surface area contributed by atoms with Gasteiger partial charge in [0.25, 0.3) is 0 Å². The summed E-state index contributed by atoms with van der Waals surface area (Å²) in [6.07, 6.45) is 13.8. The van der Waals surface area contributed by atoms with Crippen molar-refractivity contribution < 1.29 is 0 Å². The summed E-state index contributed by atoms with van der Waals surface area (Å²) < 4.78 is 0. The number of hydrogen-bond acceptors (Lipinski definition) is 5. The highest BCUT2D eigenvalue weighted by molar-refractivity contribution is 7.97. The first kappa shape index (κ1) is 15.2. The summed E-state index contributed by atoms with van der Waals surface area (Å²) in [6, 6.07) is 0. The van der Waals surface area contributed by atoms with Crippen LogP contribution in [-0.2, 0) is 0 Å². The maximum Gasteiger partial charge on any atom is 0.0113 e. The first-order valence-corrected chi connectivity index (χ1v) is 8.08. The van der Waals surface area contributed by atoms with E-state index in [1.54, 1.807) is 11.9 Å². The molecule has 0 aliphatic carbocycles. The van der Waals surface area contributed by atoms with Crippen molar-refractivity contribution >= 4 is 11.9 Å². The summed E-state index contributed by atoms with van der Waals surface area (Å²) in [5, 5.41) is 0. The predicted octanol–water partition coefficient (Wildman–Crippen LogP) is 2.65. The van der Waals surface area contributed by atoms with Crippen molar-refractivity contribution in [3.63, 3.8) is 0 Å². The van der Waals surface area contributed by atoms with Crippen LogP contribution in [-0.4, -0.2) is 12.3 Å². The third kappa shape index (κ3) is 11.0. The third-order valence-corrected chi connectivity index (χ3v) is 3.81. The lowest BCUT2D eigenvalue weighted by atomic mass is 10.1. The lowest BCUT2D eigenvalue weighted by molar-refractivity contribution is 0.414. The fourth-order valence-electron chi connectivity index (χ4n) is 2.02. The molecule has 0 aromatic carbocycles. The molecule has 0 radical (unpaired) electrons. The van der Waals surface area contributed by atoms with Gasteiger partial charge < -0.3 is 0 Å². The lowest BCUT2D eigenvalue weighted by Gasteiger charge is -2.08. The van der Waals surface area contributed by atoms with E-state index >= 15 is 0 Å². The van der Waals surface area contributed by atoms with Gasteiger partial charge in [0, 0.05) is 12.3 Å². The molecule has 1 aliphatic rings. The van der Waals surface area contributed by atoms with E-state index in [2.05, 4.69) is 21.3 Å². The van der Waals surface area contributed by atoms with Gasteiger partial charge in [0.15, 0.2) is 0 Å². The zero-order valence-electron chi connectivity index (χ0n) is 10.9. The molecule has 102 valence electrons. The molecule has 0 spiro atoms. The molecule has 1 saturated heterocycles. The second-order valence-corrected chi connectivity index (χ2v) is 5.56. The maximum atomic E-state index is 3.14. The van der Waals surface area contributed by atoms with Crippen LogP contribution in [0.4, 0.5) is 0 Å². The molecule has 0 saturated carbocycles. The first-order chi connectivity index (χ1) is 8.50. The average molecular weight is 260 g/mol. The van der Waals surface area contributed by atoms with Crippen LogP contribution in [0.2, 0.25) is 0 Å². The summed E-state index contributed by atoms with van der Waals surface area (Å²) in [6.45, 7) is 1.03. The van der Waals surface area contributed by atoms with Gasteiger partial charge in [-0.15, -0.1) is 0 Å². The molecule has 0 unspecified atom stereocenters. The van der Waals surface area contributed by atoms with Gasteiger partial charge in [0.1, 0.15) is 0 Å². The lowest BCUT2D eigenvalue weighted by Crippen LogP contribution is -2.48. The molecule has 0 bridgehead atoms. The van der Waals surface area contributed by atoms with E-state index in [4.69, 9.17) is 0 Å². The van der Waals surface area contributed by atoms with E-state index in [0.717, 1.165) is 6.54 Å². The van der Waals surface area contributed by atoms with E-state index in [0.29, 0.717) is 0 Å². The summed E-state index contributed by atoms with van der Waals surface area (Å²) >= 11 is 1.73. The number of rotatable bonds is 0. The molecule has 0 aromatic rings. The van der Waals surface area contributed by atoms with Gasteiger partial charge in [-0.25, -0.2) is 5.43 Å². The summed E-state index contributed by atoms with van der Waals surface area (Å²) in [7, 11) is 0. The molecular weight excluding hydrogens is 232 g/mol.